The monoisotopic (exact) mass is 297 g/mol. The zero-order valence-electron chi connectivity index (χ0n) is 10.2. The van der Waals surface area contributed by atoms with Crippen molar-refractivity contribution in [2.75, 3.05) is 5.32 Å². The van der Waals surface area contributed by atoms with Crippen LogP contribution in [-0.4, -0.2) is 21.4 Å². The molecule has 0 saturated heterocycles. The number of nitrogens with zero attached hydrogens (tertiary/aromatic N) is 2. The van der Waals surface area contributed by atoms with Gasteiger partial charge in [0.15, 0.2) is 4.34 Å². The number of rotatable bonds is 5. The van der Waals surface area contributed by atoms with E-state index in [1.54, 1.807) is 5.51 Å². The summed E-state index contributed by atoms with van der Waals surface area (Å²) in [5.41, 5.74) is 2.22. The molecule has 2 rings (SSSR count). The van der Waals surface area contributed by atoms with Gasteiger partial charge in [0, 0.05) is 5.69 Å². The summed E-state index contributed by atoms with van der Waals surface area (Å²) in [6.07, 6.45) is 0.678. The maximum absolute atomic E-state index is 12.8. The van der Waals surface area contributed by atoms with Gasteiger partial charge in [-0.2, -0.15) is 0 Å². The zero-order chi connectivity index (χ0) is 13.7. The minimum Gasteiger partial charge on any atom is -0.325 e. The molecule has 1 aromatic carbocycles. The van der Waals surface area contributed by atoms with Gasteiger partial charge >= 0.3 is 0 Å². The van der Waals surface area contributed by atoms with Crippen molar-refractivity contribution in [1.29, 1.82) is 0 Å². The largest absolute Gasteiger partial charge is 0.325 e. The first-order chi connectivity index (χ1) is 9.19. The van der Waals surface area contributed by atoms with E-state index in [0.717, 1.165) is 4.34 Å². The predicted molar refractivity (Wildman–Crippen MR) is 74.9 cm³/mol. The average Bonchev–Trinajstić information content (AvgIpc) is 2.91. The number of anilines is 1. The van der Waals surface area contributed by atoms with Crippen molar-refractivity contribution < 1.29 is 9.18 Å². The molecule has 1 N–H and O–H groups in total. The van der Waals surface area contributed by atoms with Crippen LogP contribution in [0.3, 0.4) is 0 Å². The summed E-state index contributed by atoms with van der Waals surface area (Å²) in [5, 5.41) is 10.2. The lowest BCUT2D eigenvalue weighted by Crippen LogP contribution is -2.24. The van der Waals surface area contributed by atoms with Gasteiger partial charge in [-0.15, -0.1) is 10.2 Å². The van der Waals surface area contributed by atoms with Crippen LogP contribution in [-0.2, 0) is 4.79 Å². The third-order valence-electron chi connectivity index (χ3n) is 2.36. The van der Waals surface area contributed by atoms with E-state index in [1.165, 1.54) is 47.4 Å². The second-order valence-electron chi connectivity index (χ2n) is 3.72. The average molecular weight is 297 g/mol. The zero-order valence-corrected chi connectivity index (χ0v) is 11.8. The van der Waals surface area contributed by atoms with Crippen LogP contribution >= 0.6 is 23.1 Å². The SMILES string of the molecule is CC[C@H](Sc1nncs1)C(=O)Nc1ccc(F)cc1. The second kappa shape index (κ2) is 6.63. The quantitative estimate of drug-likeness (QED) is 0.861. The first-order valence-electron chi connectivity index (χ1n) is 5.68. The number of amides is 1. The molecule has 4 nitrogen and oxygen atoms in total. The fourth-order valence-corrected chi connectivity index (χ4v) is 3.06. The topological polar surface area (TPSA) is 54.9 Å². The van der Waals surface area contributed by atoms with Crippen LogP contribution in [0.1, 0.15) is 13.3 Å². The normalized spacial score (nSPS) is 12.1. The van der Waals surface area contributed by atoms with Gasteiger partial charge in [0.05, 0.1) is 5.25 Å². The molecular weight excluding hydrogens is 285 g/mol. The molecule has 0 unspecified atom stereocenters. The van der Waals surface area contributed by atoms with Crippen molar-refractivity contribution in [2.45, 2.75) is 22.9 Å². The van der Waals surface area contributed by atoms with Crippen LogP contribution in [0, 0.1) is 5.82 Å². The Balaban J connectivity index is 1.98. The Bertz CT molecular complexity index is 530. The lowest BCUT2D eigenvalue weighted by Gasteiger charge is -2.12. The van der Waals surface area contributed by atoms with Crippen molar-refractivity contribution in [1.82, 2.24) is 10.2 Å². The Hall–Kier alpha value is -1.47. The lowest BCUT2D eigenvalue weighted by molar-refractivity contribution is -0.115. The van der Waals surface area contributed by atoms with Gasteiger partial charge in [0.25, 0.3) is 0 Å². The van der Waals surface area contributed by atoms with Gasteiger partial charge in [0.1, 0.15) is 11.3 Å². The van der Waals surface area contributed by atoms with E-state index in [-0.39, 0.29) is 17.0 Å². The molecule has 0 radical (unpaired) electrons. The molecule has 0 saturated carbocycles. The van der Waals surface area contributed by atoms with E-state index in [2.05, 4.69) is 15.5 Å². The Kier molecular flexibility index (Phi) is 4.86. The van der Waals surface area contributed by atoms with Gasteiger partial charge in [-0.1, -0.05) is 30.0 Å². The number of halogens is 1. The number of carbonyl (C=O) groups is 1. The predicted octanol–water partition coefficient (Wildman–Crippen LogP) is 3.19. The second-order valence-corrected chi connectivity index (χ2v) is 6.00. The summed E-state index contributed by atoms with van der Waals surface area (Å²) in [6.45, 7) is 1.93. The molecule has 0 aliphatic heterocycles. The summed E-state index contributed by atoms with van der Waals surface area (Å²) >= 11 is 2.79. The first kappa shape index (κ1) is 14.0. The van der Waals surface area contributed by atoms with Crippen molar-refractivity contribution in [3.05, 3.63) is 35.6 Å². The number of hydrogen-bond donors (Lipinski definition) is 1. The first-order valence-corrected chi connectivity index (χ1v) is 7.44. The van der Waals surface area contributed by atoms with Crippen molar-refractivity contribution >= 4 is 34.7 Å². The van der Waals surface area contributed by atoms with Crippen LogP contribution in [0.2, 0.25) is 0 Å². The number of nitrogens with one attached hydrogen (secondary N) is 1. The highest BCUT2D eigenvalue weighted by Gasteiger charge is 2.19. The molecule has 0 aliphatic carbocycles. The van der Waals surface area contributed by atoms with E-state index >= 15 is 0 Å². The van der Waals surface area contributed by atoms with Crippen molar-refractivity contribution in [3.63, 3.8) is 0 Å². The van der Waals surface area contributed by atoms with Gasteiger partial charge in [-0.05, 0) is 30.7 Å². The molecule has 0 aliphatic rings. The number of hydrogen-bond acceptors (Lipinski definition) is 5. The fraction of sp³-hybridized carbons (Fsp3) is 0.250. The van der Waals surface area contributed by atoms with Gasteiger partial charge in [0.2, 0.25) is 5.91 Å². The molecule has 0 bridgehead atoms. The van der Waals surface area contributed by atoms with E-state index in [9.17, 15) is 9.18 Å². The number of thioether (sulfide) groups is 1. The summed E-state index contributed by atoms with van der Waals surface area (Å²) in [4.78, 5) is 12.1. The summed E-state index contributed by atoms with van der Waals surface area (Å²) in [5.74, 6) is -0.442. The molecule has 1 aromatic heterocycles. The Labute approximate surface area is 118 Å². The number of aromatic nitrogens is 2. The molecule has 0 spiro atoms. The van der Waals surface area contributed by atoms with Crippen molar-refractivity contribution in [2.24, 2.45) is 0 Å². The maximum atomic E-state index is 12.8. The van der Waals surface area contributed by atoms with Crippen LogP contribution < -0.4 is 5.32 Å². The highest BCUT2D eigenvalue weighted by Crippen LogP contribution is 2.27. The van der Waals surface area contributed by atoms with Crippen LogP contribution in [0.15, 0.2) is 34.1 Å². The van der Waals surface area contributed by atoms with Gasteiger partial charge < -0.3 is 5.32 Å². The van der Waals surface area contributed by atoms with Crippen LogP contribution in [0.5, 0.6) is 0 Å². The van der Waals surface area contributed by atoms with Gasteiger partial charge in [-0.3, -0.25) is 4.79 Å². The molecule has 1 amide bonds. The highest BCUT2D eigenvalue weighted by molar-refractivity contribution is 8.02. The third-order valence-corrected chi connectivity index (χ3v) is 4.53. The highest BCUT2D eigenvalue weighted by atomic mass is 32.2. The fourth-order valence-electron chi connectivity index (χ4n) is 1.41. The molecular formula is C12H12FN3OS2. The molecule has 7 heteroatoms. The summed E-state index contributed by atoms with van der Waals surface area (Å²) in [6, 6.07) is 5.70. The minimum atomic E-state index is -0.326. The molecule has 2 aromatic rings. The van der Waals surface area contributed by atoms with E-state index in [1.807, 2.05) is 6.92 Å². The van der Waals surface area contributed by atoms with E-state index in [4.69, 9.17) is 0 Å². The third kappa shape index (κ3) is 4.00. The Morgan fingerprint density at radius 1 is 1.47 bits per heavy atom. The van der Waals surface area contributed by atoms with Crippen LogP contribution in [0.25, 0.3) is 0 Å². The molecule has 1 heterocycles. The molecule has 19 heavy (non-hydrogen) atoms. The Morgan fingerprint density at radius 3 is 2.79 bits per heavy atom. The summed E-state index contributed by atoms with van der Waals surface area (Å²) < 4.78 is 13.5. The lowest BCUT2D eigenvalue weighted by atomic mass is 10.2. The van der Waals surface area contributed by atoms with E-state index < -0.39 is 0 Å². The molecule has 100 valence electrons. The summed E-state index contributed by atoms with van der Waals surface area (Å²) in [7, 11) is 0. The van der Waals surface area contributed by atoms with Gasteiger partial charge in [-0.25, -0.2) is 4.39 Å². The molecule has 1 atom stereocenters. The smallest absolute Gasteiger partial charge is 0.237 e. The number of carbonyl (C=O) groups excluding carboxylic acids is 1. The standard InChI is InChI=1S/C12H12FN3OS2/c1-2-10(19-12-16-14-7-18-12)11(17)15-9-5-3-8(13)4-6-9/h3-7,10H,2H2,1H3,(H,15,17)/t10-/m0/s1. The Morgan fingerprint density at radius 2 is 2.21 bits per heavy atom. The van der Waals surface area contributed by atoms with Crippen LogP contribution in [0.4, 0.5) is 10.1 Å². The van der Waals surface area contributed by atoms with Crippen molar-refractivity contribution in [3.8, 4) is 0 Å². The minimum absolute atomic E-state index is 0.116. The number of benzene rings is 1. The van der Waals surface area contributed by atoms with E-state index in [0.29, 0.717) is 12.1 Å². The maximum Gasteiger partial charge on any atom is 0.237 e. The molecule has 0 fully saturated rings.